The highest BCUT2D eigenvalue weighted by atomic mass is 16.5. The number of benzene rings is 3. The third-order valence-electron chi connectivity index (χ3n) is 3.63. The monoisotopic (exact) mass is 320 g/mol. The third-order valence-corrected chi connectivity index (χ3v) is 3.63. The molecule has 0 amide bonds. The number of hydrogen-bond donors (Lipinski definition) is 2. The van der Waals surface area contributed by atoms with Gasteiger partial charge in [-0.05, 0) is 47.5 Å². The lowest BCUT2D eigenvalue weighted by molar-refractivity contribution is 0.0378. The van der Waals surface area contributed by atoms with Crippen LogP contribution in [0.4, 0.5) is 0 Å². The minimum absolute atomic E-state index is 0.137. The molecule has 3 aromatic carbocycles. The Morgan fingerprint density at radius 2 is 1.17 bits per heavy atom. The Kier molecular flexibility index (Phi) is 4.47. The second-order valence-corrected chi connectivity index (χ2v) is 5.33. The van der Waals surface area contributed by atoms with E-state index in [2.05, 4.69) is 0 Å². The molecule has 0 aliphatic carbocycles. The smallest absolute Gasteiger partial charge is 0.339 e. The molecule has 0 bridgehead atoms. The number of aromatic hydroxyl groups is 2. The first-order valence-corrected chi connectivity index (χ1v) is 7.47. The molecule has 0 saturated carbocycles. The Hall–Kier alpha value is -3.27. The minimum Gasteiger partial charge on any atom is -0.508 e. The molecule has 0 radical (unpaired) electrons. The summed E-state index contributed by atoms with van der Waals surface area (Å²) in [5.74, 6) is -0.170. The molecule has 0 aliphatic rings. The van der Waals surface area contributed by atoms with E-state index in [4.69, 9.17) is 4.74 Å². The van der Waals surface area contributed by atoms with Crippen LogP contribution >= 0.6 is 0 Å². The van der Waals surface area contributed by atoms with Crippen molar-refractivity contribution in [2.45, 2.75) is 6.10 Å². The van der Waals surface area contributed by atoms with Gasteiger partial charge < -0.3 is 14.9 Å². The first kappa shape index (κ1) is 15.6. The maximum absolute atomic E-state index is 12.4. The van der Waals surface area contributed by atoms with Crippen molar-refractivity contribution in [1.82, 2.24) is 0 Å². The molecule has 2 N–H and O–H groups in total. The van der Waals surface area contributed by atoms with Gasteiger partial charge in [-0.15, -0.1) is 0 Å². The highest BCUT2D eigenvalue weighted by molar-refractivity contribution is 5.89. The van der Waals surface area contributed by atoms with Crippen molar-refractivity contribution in [1.29, 1.82) is 0 Å². The second-order valence-electron chi connectivity index (χ2n) is 5.33. The predicted octanol–water partition coefficient (Wildman–Crippen LogP) is 4.04. The number of phenolic OH excluding ortho intramolecular Hbond substituents is 2. The van der Waals surface area contributed by atoms with Gasteiger partial charge >= 0.3 is 5.97 Å². The van der Waals surface area contributed by atoms with E-state index in [0.29, 0.717) is 5.56 Å². The summed E-state index contributed by atoms with van der Waals surface area (Å²) in [4.78, 5) is 12.4. The number of phenols is 2. The van der Waals surface area contributed by atoms with Gasteiger partial charge in [-0.2, -0.15) is 0 Å². The lowest BCUT2D eigenvalue weighted by Crippen LogP contribution is -2.13. The van der Waals surface area contributed by atoms with Crippen LogP contribution in [0.15, 0.2) is 78.9 Å². The molecular formula is C20H16O4. The van der Waals surface area contributed by atoms with Crippen molar-refractivity contribution in [3.05, 3.63) is 95.6 Å². The van der Waals surface area contributed by atoms with Crippen LogP contribution in [0.2, 0.25) is 0 Å². The van der Waals surface area contributed by atoms with Gasteiger partial charge in [-0.1, -0.05) is 42.5 Å². The van der Waals surface area contributed by atoms with E-state index < -0.39 is 12.1 Å². The molecule has 24 heavy (non-hydrogen) atoms. The van der Waals surface area contributed by atoms with E-state index >= 15 is 0 Å². The van der Waals surface area contributed by atoms with Crippen molar-refractivity contribution < 1.29 is 19.7 Å². The Labute approximate surface area is 139 Å². The first-order valence-electron chi connectivity index (χ1n) is 7.47. The van der Waals surface area contributed by atoms with Gasteiger partial charge in [0.1, 0.15) is 11.5 Å². The molecule has 4 heteroatoms. The highest BCUT2D eigenvalue weighted by Crippen LogP contribution is 2.29. The molecule has 0 aromatic heterocycles. The molecule has 0 unspecified atom stereocenters. The molecule has 0 heterocycles. The molecule has 0 atom stereocenters. The maximum atomic E-state index is 12.4. The Morgan fingerprint density at radius 1 is 0.708 bits per heavy atom. The zero-order valence-electron chi connectivity index (χ0n) is 12.8. The van der Waals surface area contributed by atoms with Crippen LogP contribution in [0.25, 0.3) is 0 Å². The number of hydrogen-bond acceptors (Lipinski definition) is 4. The SMILES string of the molecule is O=C(OC(c1ccc(O)cc1)c1ccc(O)cc1)c1ccccc1. The summed E-state index contributed by atoms with van der Waals surface area (Å²) < 4.78 is 5.69. The van der Waals surface area contributed by atoms with Crippen LogP contribution in [0.1, 0.15) is 27.6 Å². The highest BCUT2D eigenvalue weighted by Gasteiger charge is 2.20. The van der Waals surface area contributed by atoms with E-state index in [1.807, 2.05) is 6.07 Å². The minimum atomic E-state index is -0.640. The largest absolute Gasteiger partial charge is 0.508 e. The number of rotatable bonds is 4. The van der Waals surface area contributed by atoms with Gasteiger partial charge in [-0.25, -0.2) is 4.79 Å². The predicted molar refractivity (Wildman–Crippen MR) is 89.9 cm³/mol. The zero-order valence-corrected chi connectivity index (χ0v) is 12.8. The Bertz CT molecular complexity index is 763. The lowest BCUT2D eigenvalue weighted by Gasteiger charge is -2.19. The zero-order chi connectivity index (χ0) is 16.9. The topological polar surface area (TPSA) is 66.8 Å². The van der Waals surface area contributed by atoms with Gasteiger partial charge in [0.2, 0.25) is 0 Å². The van der Waals surface area contributed by atoms with Crippen molar-refractivity contribution in [3.8, 4) is 11.5 Å². The summed E-state index contributed by atoms with van der Waals surface area (Å²) in [6.07, 6.45) is -0.640. The van der Waals surface area contributed by atoms with E-state index in [1.54, 1.807) is 72.8 Å². The Balaban J connectivity index is 1.94. The number of carbonyl (C=O) groups is 1. The maximum Gasteiger partial charge on any atom is 0.339 e. The molecule has 4 nitrogen and oxygen atoms in total. The molecule has 0 aliphatic heterocycles. The summed E-state index contributed by atoms with van der Waals surface area (Å²) in [5.41, 5.74) is 1.91. The van der Waals surface area contributed by atoms with Crippen molar-refractivity contribution in [2.75, 3.05) is 0 Å². The van der Waals surface area contributed by atoms with Crippen LogP contribution in [-0.4, -0.2) is 16.2 Å². The average Bonchev–Trinajstić information content (AvgIpc) is 2.62. The quantitative estimate of drug-likeness (QED) is 0.712. The van der Waals surface area contributed by atoms with E-state index in [1.165, 1.54) is 0 Å². The Morgan fingerprint density at radius 3 is 1.62 bits per heavy atom. The molecule has 0 spiro atoms. The summed E-state index contributed by atoms with van der Waals surface area (Å²) in [6, 6.07) is 21.7. The number of esters is 1. The normalized spacial score (nSPS) is 10.5. The first-order chi connectivity index (χ1) is 11.6. The van der Waals surface area contributed by atoms with E-state index in [9.17, 15) is 15.0 Å². The lowest BCUT2D eigenvalue weighted by atomic mass is 10.0. The standard InChI is InChI=1S/C20H16O4/c21-17-10-6-14(7-11-17)19(15-8-12-18(22)13-9-15)24-20(23)16-4-2-1-3-5-16/h1-13,19,21-22H. The van der Waals surface area contributed by atoms with Gasteiger partial charge in [0.25, 0.3) is 0 Å². The van der Waals surface area contributed by atoms with Gasteiger partial charge in [0.15, 0.2) is 6.10 Å². The molecule has 0 saturated heterocycles. The van der Waals surface area contributed by atoms with Gasteiger partial charge in [-0.3, -0.25) is 0 Å². The van der Waals surface area contributed by atoms with Crippen LogP contribution in [0.3, 0.4) is 0 Å². The molecule has 3 aromatic rings. The molecular weight excluding hydrogens is 304 g/mol. The fourth-order valence-corrected chi connectivity index (χ4v) is 2.38. The van der Waals surface area contributed by atoms with Crippen LogP contribution in [0.5, 0.6) is 11.5 Å². The fourth-order valence-electron chi connectivity index (χ4n) is 2.38. The van der Waals surface area contributed by atoms with Crippen LogP contribution in [0, 0.1) is 0 Å². The second kappa shape index (κ2) is 6.87. The van der Waals surface area contributed by atoms with Crippen LogP contribution < -0.4 is 0 Å². The summed E-state index contributed by atoms with van der Waals surface area (Å²) >= 11 is 0. The summed E-state index contributed by atoms with van der Waals surface area (Å²) in [6.45, 7) is 0. The number of carbonyl (C=O) groups excluding carboxylic acids is 1. The van der Waals surface area contributed by atoms with Crippen LogP contribution in [-0.2, 0) is 4.74 Å². The number of ether oxygens (including phenoxy) is 1. The van der Waals surface area contributed by atoms with Crippen molar-refractivity contribution in [2.24, 2.45) is 0 Å². The van der Waals surface area contributed by atoms with Gasteiger partial charge in [0.05, 0.1) is 5.56 Å². The summed E-state index contributed by atoms with van der Waals surface area (Å²) in [7, 11) is 0. The molecule has 120 valence electrons. The van der Waals surface area contributed by atoms with Crippen molar-refractivity contribution >= 4 is 5.97 Å². The summed E-state index contributed by atoms with van der Waals surface area (Å²) in [5, 5.41) is 18.9. The van der Waals surface area contributed by atoms with Gasteiger partial charge in [0, 0.05) is 0 Å². The fraction of sp³-hybridized carbons (Fsp3) is 0.0500. The average molecular weight is 320 g/mol. The van der Waals surface area contributed by atoms with E-state index in [0.717, 1.165) is 11.1 Å². The third kappa shape index (κ3) is 3.55. The van der Waals surface area contributed by atoms with E-state index in [-0.39, 0.29) is 11.5 Å². The molecule has 3 rings (SSSR count). The van der Waals surface area contributed by atoms with Crippen molar-refractivity contribution in [3.63, 3.8) is 0 Å². The molecule has 0 fully saturated rings.